The van der Waals surface area contributed by atoms with E-state index in [-0.39, 0.29) is 5.82 Å². The SMILES string of the molecule is Cc1nccn1S(=O)(=O)c1cc(B(O)O)cc(C(F)(F)F)c1. The molecule has 0 radical (unpaired) electrons. The van der Waals surface area contributed by atoms with Crippen LogP contribution in [0.1, 0.15) is 11.4 Å². The van der Waals surface area contributed by atoms with Crippen molar-refractivity contribution in [1.82, 2.24) is 8.96 Å². The Kier molecular flexibility index (Phi) is 4.06. The summed E-state index contributed by atoms with van der Waals surface area (Å²) in [6.45, 7) is 1.37. The van der Waals surface area contributed by atoms with Gasteiger partial charge in [-0.25, -0.2) is 17.4 Å². The number of nitrogens with zero attached hydrogens (tertiary/aromatic N) is 2. The van der Waals surface area contributed by atoms with E-state index in [1.54, 1.807) is 0 Å². The van der Waals surface area contributed by atoms with E-state index in [2.05, 4.69) is 4.98 Å². The zero-order valence-electron chi connectivity index (χ0n) is 11.1. The molecule has 1 heterocycles. The van der Waals surface area contributed by atoms with Crippen LogP contribution >= 0.6 is 0 Å². The summed E-state index contributed by atoms with van der Waals surface area (Å²) in [6.07, 6.45) is -2.57. The van der Waals surface area contributed by atoms with Gasteiger partial charge in [-0.1, -0.05) is 6.07 Å². The highest BCUT2D eigenvalue weighted by molar-refractivity contribution is 7.90. The molecule has 2 rings (SSSR count). The molecular weight excluding hydrogens is 324 g/mol. The molecule has 11 heteroatoms. The summed E-state index contributed by atoms with van der Waals surface area (Å²) < 4.78 is 64.0. The van der Waals surface area contributed by atoms with E-state index in [4.69, 9.17) is 10.0 Å². The highest BCUT2D eigenvalue weighted by Crippen LogP contribution is 2.30. The molecule has 0 bridgehead atoms. The molecule has 2 N–H and O–H groups in total. The summed E-state index contributed by atoms with van der Waals surface area (Å²) in [7, 11) is -6.57. The third-order valence-electron chi connectivity index (χ3n) is 2.89. The number of hydrogen-bond acceptors (Lipinski definition) is 5. The molecule has 0 saturated carbocycles. The van der Waals surface area contributed by atoms with Gasteiger partial charge in [0.25, 0.3) is 10.0 Å². The lowest BCUT2D eigenvalue weighted by Gasteiger charge is -2.13. The van der Waals surface area contributed by atoms with Crippen molar-refractivity contribution in [3.05, 3.63) is 42.0 Å². The van der Waals surface area contributed by atoms with Gasteiger partial charge in [-0.3, -0.25) is 0 Å². The van der Waals surface area contributed by atoms with Gasteiger partial charge in [-0.2, -0.15) is 13.2 Å². The second kappa shape index (κ2) is 5.41. The molecule has 0 spiro atoms. The minimum Gasteiger partial charge on any atom is -0.423 e. The Morgan fingerprint density at radius 3 is 2.32 bits per heavy atom. The third-order valence-corrected chi connectivity index (χ3v) is 4.63. The maximum atomic E-state index is 12.8. The first kappa shape index (κ1) is 16.5. The Hall–Kier alpha value is -1.85. The van der Waals surface area contributed by atoms with Gasteiger partial charge >= 0.3 is 13.3 Å². The zero-order chi connectivity index (χ0) is 16.7. The molecule has 0 saturated heterocycles. The topological polar surface area (TPSA) is 92.4 Å². The molecule has 22 heavy (non-hydrogen) atoms. The van der Waals surface area contributed by atoms with Crippen LogP contribution in [-0.4, -0.2) is 34.5 Å². The zero-order valence-corrected chi connectivity index (χ0v) is 11.9. The number of aromatic nitrogens is 2. The Labute approximate surface area is 124 Å². The highest BCUT2D eigenvalue weighted by atomic mass is 32.2. The van der Waals surface area contributed by atoms with E-state index in [1.807, 2.05) is 0 Å². The molecule has 0 aliphatic heterocycles. The minimum atomic E-state index is -4.83. The fourth-order valence-corrected chi connectivity index (χ4v) is 3.22. The Morgan fingerprint density at radius 2 is 1.86 bits per heavy atom. The number of hydrogen-bond donors (Lipinski definition) is 2. The van der Waals surface area contributed by atoms with Crippen LogP contribution in [0, 0.1) is 6.92 Å². The first-order chi connectivity index (χ1) is 10.0. The first-order valence-corrected chi connectivity index (χ1v) is 7.31. The monoisotopic (exact) mass is 334 g/mol. The number of benzene rings is 1. The van der Waals surface area contributed by atoms with Crippen LogP contribution in [0.25, 0.3) is 0 Å². The van der Waals surface area contributed by atoms with Crippen LogP contribution in [0.5, 0.6) is 0 Å². The van der Waals surface area contributed by atoms with E-state index in [1.165, 1.54) is 13.1 Å². The standard InChI is InChI=1S/C11H10BF3N2O4S/c1-7-16-2-3-17(7)22(20,21)10-5-8(11(13,14)15)4-9(6-10)12(18)19/h2-6,18-19H,1H3. The van der Waals surface area contributed by atoms with Crippen LogP contribution in [-0.2, 0) is 16.2 Å². The first-order valence-electron chi connectivity index (χ1n) is 5.87. The van der Waals surface area contributed by atoms with E-state index >= 15 is 0 Å². The molecule has 0 amide bonds. The van der Waals surface area contributed by atoms with Crippen LogP contribution in [0.4, 0.5) is 13.2 Å². The lowest BCUT2D eigenvalue weighted by molar-refractivity contribution is -0.137. The fraction of sp³-hybridized carbons (Fsp3) is 0.182. The van der Waals surface area contributed by atoms with Crippen molar-refractivity contribution >= 4 is 22.6 Å². The third kappa shape index (κ3) is 3.01. The quantitative estimate of drug-likeness (QED) is 0.779. The molecule has 6 nitrogen and oxygen atoms in total. The normalized spacial score (nSPS) is 12.5. The fourth-order valence-electron chi connectivity index (χ4n) is 1.82. The predicted molar refractivity (Wildman–Crippen MR) is 70.8 cm³/mol. The lowest BCUT2D eigenvalue weighted by Crippen LogP contribution is -2.32. The van der Waals surface area contributed by atoms with Gasteiger partial charge < -0.3 is 10.0 Å². The number of aryl methyl sites for hydroxylation is 1. The van der Waals surface area contributed by atoms with Crippen LogP contribution in [0.2, 0.25) is 0 Å². The molecule has 0 aliphatic rings. The second-order valence-corrected chi connectivity index (χ2v) is 6.25. The summed E-state index contributed by atoms with van der Waals surface area (Å²) in [5, 5.41) is 18.1. The lowest BCUT2D eigenvalue weighted by atomic mass is 9.79. The smallest absolute Gasteiger partial charge is 0.423 e. The van der Waals surface area contributed by atoms with Crippen molar-refractivity contribution in [2.75, 3.05) is 0 Å². The molecule has 0 atom stereocenters. The van der Waals surface area contributed by atoms with Gasteiger partial charge in [0.2, 0.25) is 0 Å². The van der Waals surface area contributed by atoms with Crippen LogP contribution < -0.4 is 5.46 Å². The van der Waals surface area contributed by atoms with E-state index in [9.17, 15) is 21.6 Å². The molecule has 2 aromatic rings. The number of imidazole rings is 1. The van der Waals surface area contributed by atoms with Crippen LogP contribution in [0.3, 0.4) is 0 Å². The molecule has 0 unspecified atom stereocenters. The van der Waals surface area contributed by atoms with E-state index in [0.29, 0.717) is 16.1 Å². The Morgan fingerprint density at radius 1 is 1.23 bits per heavy atom. The molecule has 118 valence electrons. The van der Waals surface area contributed by atoms with Gasteiger partial charge in [0.1, 0.15) is 5.82 Å². The van der Waals surface area contributed by atoms with E-state index in [0.717, 1.165) is 12.3 Å². The summed E-state index contributed by atoms with van der Waals surface area (Å²) >= 11 is 0. The van der Waals surface area contributed by atoms with Gasteiger partial charge in [-0.05, 0) is 24.5 Å². The Bertz CT molecular complexity index is 802. The van der Waals surface area contributed by atoms with Gasteiger partial charge in [-0.15, -0.1) is 0 Å². The van der Waals surface area contributed by atoms with Crippen molar-refractivity contribution in [3.63, 3.8) is 0 Å². The van der Waals surface area contributed by atoms with Crippen LogP contribution in [0.15, 0.2) is 35.5 Å². The number of alkyl halides is 3. The summed E-state index contributed by atoms with van der Waals surface area (Å²) in [5.41, 5.74) is -1.87. The Balaban J connectivity index is 2.70. The summed E-state index contributed by atoms with van der Waals surface area (Å²) in [5.74, 6) is 0.0588. The number of rotatable bonds is 3. The molecule has 1 aromatic heterocycles. The van der Waals surface area contributed by atoms with Crippen molar-refractivity contribution in [2.45, 2.75) is 18.0 Å². The molecular formula is C11H10BF3N2O4S. The van der Waals surface area contributed by atoms with Gasteiger partial charge in [0, 0.05) is 12.4 Å². The van der Waals surface area contributed by atoms with Gasteiger partial charge in [0.05, 0.1) is 10.5 Å². The maximum Gasteiger partial charge on any atom is 0.488 e. The minimum absolute atomic E-state index is 0.0588. The van der Waals surface area contributed by atoms with Crippen molar-refractivity contribution < 1.29 is 31.6 Å². The highest BCUT2D eigenvalue weighted by Gasteiger charge is 2.34. The average molecular weight is 334 g/mol. The molecule has 1 aromatic carbocycles. The van der Waals surface area contributed by atoms with Crippen molar-refractivity contribution in [1.29, 1.82) is 0 Å². The maximum absolute atomic E-state index is 12.8. The average Bonchev–Trinajstić information content (AvgIpc) is 2.84. The molecule has 0 fully saturated rings. The van der Waals surface area contributed by atoms with E-state index < -0.39 is 39.2 Å². The molecule has 0 aliphatic carbocycles. The predicted octanol–water partition coefficient (Wildman–Crippen LogP) is 0.127. The summed E-state index contributed by atoms with van der Waals surface area (Å²) in [4.78, 5) is 2.98. The summed E-state index contributed by atoms with van der Waals surface area (Å²) in [6, 6.07) is 1.68. The largest absolute Gasteiger partial charge is 0.488 e. The van der Waals surface area contributed by atoms with Gasteiger partial charge in [0.15, 0.2) is 0 Å². The van der Waals surface area contributed by atoms with Crippen molar-refractivity contribution in [2.24, 2.45) is 0 Å². The second-order valence-electron chi connectivity index (χ2n) is 4.44. The van der Waals surface area contributed by atoms with Crippen molar-refractivity contribution in [3.8, 4) is 0 Å². The number of halogens is 3.